The smallest absolute Gasteiger partial charge is 0.236 e. The van der Waals surface area contributed by atoms with Crippen molar-refractivity contribution in [3.63, 3.8) is 0 Å². The van der Waals surface area contributed by atoms with Gasteiger partial charge in [0.05, 0.1) is 0 Å². The molecule has 5 saturated carbocycles. The van der Waals surface area contributed by atoms with E-state index in [1.54, 1.807) is 0 Å². The number of amides is 1. The Morgan fingerprint density at radius 2 is 1.42 bits per heavy atom. The molecule has 0 aromatic carbocycles. The number of nitrogens with one attached hydrogen (secondary N) is 1. The maximum absolute atomic E-state index is 12.8. The van der Waals surface area contributed by atoms with Crippen LogP contribution in [-0.4, -0.2) is 25.9 Å². The Labute approximate surface area is 205 Å². The van der Waals surface area contributed by atoms with Gasteiger partial charge in [-0.05, 0) is 50.4 Å². The van der Waals surface area contributed by atoms with Gasteiger partial charge in [-0.2, -0.15) is 0 Å². The van der Waals surface area contributed by atoms with Gasteiger partial charge in [-0.15, -0.1) is 0 Å². The zero-order valence-corrected chi connectivity index (χ0v) is 21.1. The quantitative estimate of drug-likeness (QED) is 0.298. The summed E-state index contributed by atoms with van der Waals surface area (Å²) in [6.45, 7) is 6.05. The first kappa shape index (κ1) is 24.9. The Morgan fingerprint density at radius 3 is 2.03 bits per heavy atom. The van der Waals surface area contributed by atoms with E-state index in [0.29, 0.717) is 17.0 Å². The number of allylic oxidation sites excluding steroid dienone is 5. The lowest BCUT2D eigenvalue weighted by molar-refractivity contribution is -0.188. The number of hydrogen-bond donors (Lipinski definition) is 1. The molecule has 0 atom stereocenters. The lowest BCUT2D eigenvalue weighted by Crippen LogP contribution is -2.76. The topological polar surface area (TPSA) is 29.1 Å². The van der Waals surface area contributed by atoms with Crippen molar-refractivity contribution in [3.05, 3.63) is 36.4 Å². The van der Waals surface area contributed by atoms with Crippen molar-refractivity contribution in [1.82, 2.24) is 5.32 Å². The van der Waals surface area contributed by atoms with E-state index in [1.807, 2.05) is 13.4 Å². The highest BCUT2D eigenvalue weighted by atomic mass is 16.1. The summed E-state index contributed by atoms with van der Waals surface area (Å²) in [7, 11) is 4.50. The van der Waals surface area contributed by atoms with Gasteiger partial charge in [-0.25, -0.2) is 0 Å². The third-order valence-electron chi connectivity index (χ3n) is 9.26. The standard InChI is InChI=1S/C29H45B2NO/c1-3-5-15-24(4-2)30-25-18-11-13-23(14-12-19-25)28-20-29(21-28,22-28)32-27(33)31-26-16-9-7-6-8-10-17-26/h3-5,15,23,25-26H,2,6-14,16-22H2,1H3,(H,32,33)/b5-3-,24-15+. The molecule has 5 aliphatic carbocycles. The van der Waals surface area contributed by atoms with Crippen LogP contribution in [0.3, 0.4) is 0 Å². The molecule has 0 aliphatic heterocycles. The van der Waals surface area contributed by atoms with Gasteiger partial charge in [0.25, 0.3) is 0 Å². The minimum Gasteiger partial charge on any atom is -0.360 e. The highest BCUT2D eigenvalue weighted by molar-refractivity contribution is 6.74. The van der Waals surface area contributed by atoms with E-state index in [4.69, 9.17) is 0 Å². The number of hydrogen-bond acceptors (Lipinski definition) is 1. The van der Waals surface area contributed by atoms with Crippen molar-refractivity contribution in [3.8, 4) is 0 Å². The largest absolute Gasteiger partial charge is 0.360 e. The van der Waals surface area contributed by atoms with Gasteiger partial charge >= 0.3 is 0 Å². The molecule has 0 heterocycles. The zero-order chi connectivity index (χ0) is 23.2. The molecule has 0 aromatic rings. The van der Waals surface area contributed by atoms with Crippen LogP contribution < -0.4 is 5.32 Å². The highest BCUT2D eigenvalue weighted by Gasteiger charge is 2.70. The van der Waals surface area contributed by atoms with Gasteiger partial charge < -0.3 is 5.32 Å². The van der Waals surface area contributed by atoms with E-state index in [2.05, 4.69) is 44.3 Å². The van der Waals surface area contributed by atoms with Crippen molar-refractivity contribution in [2.45, 2.75) is 127 Å². The maximum atomic E-state index is 12.8. The van der Waals surface area contributed by atoms with Crippen LogP contribution in [0.2, 0.25) is 11.6 Å². The van der Waals surface area contributed by atoms with Crippen molar-refractivity contribution < 1.29 is 4.79 Å². The molecule has 0 spiro atoms. The predicted octanol–water partition coefficient (Wildman–Crippen LogP) is 7.96. The first-order chi connectivity index (χ1) is 16.1. The minimum absolute atomic E-state index is 0.157. The molecular formula is C29H45B2NO. The fraction of sp³-hybridized carbons (Fsp3) is 0.759. The number of carbonyl (C=O) groups is 1. The first-order valence-corrected chi connectivity index (χ1v) is 14.0. The molecule has 1 N–H and O–H groups in total. The fourth-order valence-electron chi connectivity index (χ4n) is 7.60. The molecule has 4 heteroatoms. The molecule has 33 heavy (non-hydrogen) atoms. The summed E-state index contributed by atoms with van der Waals surface area (Å²) < 4.78 is 0. The third-order valence-corrected chi connectivity index (χ3v) is 9.26. The normalized spacial score (nSPS) is 35.7. The third kappa shape index (κ3) is 6.28. The second kappa shape index (κ2) is 11.5. The second-order valence-electron chi connectivity index (χ2n) is 11.8. The Bertz CT molecular complexity index is 704. The van der Waals surface area contributed by atoms with E-state index in [-0.39, 0.29) is 11.3 Å². The summed E-state index contributed by atoms with van der Waals surface area (Å²) in [5.74, 6) is 2.32. The molecule has 2 radical (unpaired) electrons. The molecule has 1 amide bonds. The van der Waals surface area contributed by atoms with Crippen molar-refractivity contribution in [2.75, 3.05) is 0 Å². The van der Waals surface area contributed by atoms with Crippen molar-refractivity contribution in [2.24, 2.45) is 11.3 Å². The van der Waals surface area contributed by atoms with Crippen LogP contribution in [0.1, 0.15) is 110 Å². The molecule has 2 bridgehead atoms. The van der Waals surface area contributed by atoms with Crippen LogP contribution in [0.15, 0.2) is 36.4 Å². The minimum atomic E-state index is 0.157. The predicted molar refractivity (Wildman–Crippen MR) is 143 cm³/mol. The summed E-state index contributed by atoms with van der Waals surface area (Å²) in [6.07, 6.45) is 29.3. The molecule has 5 aliphatic rings. The van der Waals surface area contributed by atoms with Gasteiger partial charge in [0.15, 0.2) is 13.1 Å². The van der Waals surface area contributed by atoms with Crippen molar-refractivity contribution >= 4 is 20.4 Å². The van der Waals surface area contributed by atoms with Crippen LogP contribution >= 0.6 is 0 Å². The molecule has 0 aromatic heterocycles. The van der Waals surface area contributed by atoms with E-state index in [0.717, 1.165) is 5.92 Å². The lowest BCUT2D eigenvalue weighted by atomic mass is 9.34. The molecule has 0 saturated heterocycles. The van der Waals surface area contributed by atoms with Gasteiger partial charge in [0, 0.05) is 5.54 Å². The van der Waals surface area contributed by atoms with Gasteiger partial charge in [-0.1, -0.05) is 119 Å². The Kier molecular flexibility index (Phi) is 8.69. The highest BCUT2D eigenvalue weighted by Crippen LogP contribution is 2.72. The average molecular weight is 445 g/mol. The van der Waals surface area contributed by atoms with Crippen LogP contribution in [0.25, 0.3) is 0 Å². The molecule has 178 valence electrons. The first-order valence-electron chi connectivity index (χ1n) is 14.0. The number of carbonyl (C=O) groups excluding carboxylic acids is 1. The average Bonchev–Trinajstić information content (AvgIpc) is 2.70. The zero-order valence-electron chi connectivity index (χ0n) is 21.1. The van der Waals surface area contributed by atoms with Crippen LogP contribution in [0.4, 0.5) is 4.79 Å². The van der Waals surface area contributed by atoms with Gasteiger partial charge in [0.1, 0.15) is 0 Å². The summed E-state index contributed by atoms with van der Waals surface area (Å²) in [6, 6.07) is 0. The van der Waals surface area contributed by atoms with Crippen LogP contribution in [0, 0.1) is 11.3 Å². The van der Waals surface area contributed by atoms with E-state index < -0.39 is 0 Å². The molecule has 0 unspecified atom stereocenters. The van der Waals surface area contributed by atoms with Crippen LogP contribution in [0.5, 0.6) is 0 Å². The van der Waals surface area contributed by atoms with E-state index >= 15 is 0 Å². The summed E-state index contributed by atoms with van der Waals surface area (Å²) in [5.41, 5.74) is 1.98. The summed E-state index contributed by atoms with van der Waals surface area (Å²) in [4.78, 5) is 12.8. The van der Waals surface area contributed by atoms with E-state index in [1.165, 1.54) is 108 Å². The molecule has 5 rings (SSSR count). The van der Waals surface area contributed by atoms with Gasteiger partial charge in [-0.3, -0.25) is 4.79 Å². The van der Waals surface area contributed by atoms with Gasteiger partial charge in [0.2, 0.25) is 7.28 Å². The molecule has 5 fully saturated rings. The maximum Gasteiger partial charge on any atom is 0.236 e. The Balaban J connectivity index is 1.18. The summed E-state index contributed by atoms with van der Waals surface area (Å²) >= 11 is 0. The monoisotopic (exact) mass is 445 g/mol. The lowest BCUT2D eigenvalue weighted by Gasteiger charge is -2.74. The molecule has 2 nitrogen and oxygen atoms in total. The SMILES string of the molecule is C=C/C([B]C1CCCC(C23CC(NC(=O)[B]C4CCCCCCC4)(C2)C3)CCC1)=C\C=C/C. The summed E-state index contributed by atoms with van der Waals surface area (Å²) in [5, 5.41) is 3.47. The Hall–Kier alpha value is -1.18. The second-order valence-corrected chi connectivity index (χ2v) is 11.8. The van der Waals surface area contributed by atoms with E-state index in [9.17, 15) is 4.79 Å². The Morgan fingerprint density at radius 1 is 0.848 bits per heavy atom. The van der Waals surface area contributed by atoms with Crippen LogP contribution in [-0.2, 0) is 0 Å². The molecular weight excluding hydrogens is 400 g/mol. The number of rotatable bonds is 8. The fourth-order valence-corrected chi connectivity index (χ4v) is 7.60. The van der Waals surface area contributed by atoms with Crippen molar-refractivity contribution in [1.29, 1.82) is 0 Å².